The van der Waals surface area contributed by atoms with Gasteiger partial charge < -0.3 is 5.73 Å². The molecule has 0 aromatic carbocycles. The van der Waals surface area contributed by atoms with Crippen molar-refractivity contribution in [3.05, 3.63) is 17.5 Å². The lowest BCUT2D eigenvalue weighted by molar-refractivity contribution is 0.197. The van der Waals surface area contributed by atoms with Crippen LogP contribution in [0, 0.1) is 11.3 Å². The Morgan fingerprint density at radius 3 is 2.67 bits per heavy atom. The molecule has 0 atom stereocenters. The van der Waals surface area contributed by atoms with Crippen molar-refractivity contribution in [2.75, 3.05) is 13.1 Å². The molecule has 1 aliphatic rings. The van der Waals surface area contributed by atoms with Crippen LogP contribution in [0.3, 0.4) is 0 Å². The highest BCUT2D eigenvalue weighted by atomic mass is 15.3. The lowest BCUT2D eigenvalue weighted by Gasteiger charge is -2.31. The van der Waals surface area contributed by atoms with E-state index >= 15 is 0 Å². The Bertz CT molecular complexity index is 415. The van der Waals surface area contributed by atoms with Gasteiger partial charge in [-0.15, -0.1) is 0 Å². The van der Waals surface area contributed by atoms with Gasteiger partial charge in [-0.2, -0.15) is 5.10 Å². The van der Waals surface area contributed by atoms with Crippen LogP contribution in [0.4, 0.5) is 0 Å². The highest BCUT2D eigenvalue weighted by Crippen LogP contribution is 2.18. The number of rotatable bonds is 4. The lowest BCUT2D eigenvalue weighted by atomic mass is 9.96. The second-order valence-electron chi connectivity index (χ2n) is 5.11. The number of amidine groups is 1. The van der Waals surface area contributed by atoms with Crippen molar-refractivity contribution in [2.24, 2.45) is 18.7 Å². The van der Waals surface area contributed by atoms with E-state index in [0.29, 0.717) is 11.8 Å². The minimum Gasteiger partial charge on any atom is -0.387 e. The quantitative estimate of drug-likeness (QED) is 0.621. The number of nitrogens with two attached hydrogens (primary N) is 1. The first kappa shape index (κ1) is 13.1. The molecule has 0 unspecified atom stereocenters. The second-order valence-corrected chi connectivity index (χ2v) is 5.11. The Hall–Kier alpha value is -1.36. The third-order valence-corrected chi connectivity index (χ3v) is 3.80. The highest BCUT2D eigenvalue weighted by Gasteiger charge is 2.21. The average Bonchev–Trinajstić information content (AvgIpc) is 2.71. The van der Waals surface area contributed by atoms with E-state index < -0.39 is 0 Å². The number of hydrogen-bond acceptors (Lipinski definition) is 3. The molecule has 1 fully saturated rings. The van der Waals surface area contributed by atoms with Gasteiger partial charge in [0.2, 0.25) is 0 Å². The van der Waals surface area contributed by atoms with E-state index in [1.165, 1.54) is 5.69 Å². The Balaban J connectivity index is 1.91. The van der Waals surface area contributed by atoms with Gasteiger partial charge in [-0.1, -0.05) is 6.92 Å². The summed E-state index contributed by atoms with van der Waals surface area (Å²) in [7, 11) is 2.01. The van der Waals surface area contributed by atoms with Gasteiger partial charge in [0.05, 0.1) is 17.2 Å². The van der Waals surface area contributed by atoms with Crippen molar-refractivity contribution in [3.8, 4) is 0 Å². The SMILES string of the molecule is CCc1cc(CN2CCC(C(=N)N)CC2)n(C)n1. The van der Waals surface area contributed by atoms with Crippen molar-refractivity contribution < 1.29 is 0 Å². The molecule has 3 N–H and O–H groups in total. The molecule has 1 aromatic heterocycles. The maximum atomic E-state index is 7.48. The molecule has 0 saturated carbocycles. The minimum atomic E-state index is 0.291. The van der Waals surface area contributed by atoms with Crippen LogP contribution in [0.5, 0.6) is 0 Å². The Kier molecular flexibility index (Phi) is 4.01. The number of aryl methyl sites for hydroxylation is 2. The third-order valence-electron chi connectivity index (χ3n) is 3.80. The normalized spacial score (nSPS) is 18.1. The van der Waals surface area contributed by atoms with E-state index in [4.69, 9.17) is 11.1 Å². The summed E-state index contributed by atoms with van der Waals surface area (Å²) >= 11 is 0. The van der Waals surface area contributed by atoms with Gasteiger partial charge in [0, 0.05) is 19.5 Å². The fourth-order valence-electron chi connectivity index (χ4n) is 2.52. The van der Waals surface area contributed by atoms with Gasteiger partial charge in [-0.3, -0.25) is 15.0 Å². The second kappa shape index (κ2) is 5.52. The molecule has 1 aromatic rings. The molecule has 18 heavy (non-hydrogen) atoms. The molecule has 0 bridgehead atoms. The van der Waals surface area contributed by atoms with Crippen LogP contribution in [-0.2, 0) is 20.0 Å². The largest absolute Gasteiger partial charge is 0.387 e. The van der Waals surface area contributed by atoms with Crippen molar-refractivity contribution >= 4 is 5.84 Å². The van der Waals surface area contributed by atoms with Gasteiger partial charge >= 0.3 is 0 Å². The fraction of sp³-hybridized carbons (Fsp3) is 0.692. The summed E-state index contributed by atoms with van der Waals surface area (Å²) in [6.45, 7) is 5.13. The molecule has 100 valence electrons. The Morgan fingerprint density at radius 2 is 2.17 bits per heavy atom. The molecule has 5 heteroatoms. The van der Waals surface area contributed by atoms with Crippen molar-refractivity contribution in [1.82, 2.24) is 14.7 Å². The Morgan fingerprint density at radius 1 is 1.50 bits per heavy atom. The van der Waals surface area contributed by atoms with E-state index in [1.54, 1.807) is 0 Å². The zero-order chi connectivity index (χ0) is 13.1. The van der Waals surface area contributed by atoms with E-state index in [-0.39, 0.29) is 0 Å². The van der Waals surface area contributed by atoms with Gasteiger partial charge in [0.25, 0.3) is 0 Å². The zero-order valence-corrected chi connectivity index (χ0v) is 11.3. The maximum absolute atomic E-state index is 7.48. The first-order valence-corrected chi connectivity index (χ1v) is 6.68. The molecular formula is C13H23N5. The number of likely N-dealkylation sites (tertiary alicyclic amines) is 1. The molecule has 1 saturated heterocycles. The molecule has 1 aliphatic heterocycles. The predicted molar refractivity (Wildman–Crippen MR) is 72.5 cm³/mol. The van der Waals surface area contributed by atoms with Gasteiger partial charge in [0.15, 0.2) is 0 Å². The average molecular weight is 249 g/mol. The van der Waals surface area contributed by atoms with Crippen LogP contribution in [0.15, 0.2) is 6.07 Å². The maximum Gasteiger partial charge on any atom is 0.0937 e. The van der Waals surface area contributed by atoms with Crippen LogP contribution in [0.1, 0.15) is 31.2 Å². The lowest BCUT2D eigenvalue weighted by Crippen LogP contribution is -2.38. The smallest absolute Gasteiger partial charge is 0.0937 e. The predicted octanol–water partition coefficient (Wildman–Crippen LogP) is 1.13. The summed E-state index contributed by atoms with van der Waals surface area (Å²) < 4.78 is 1.98. The van der Waals surface area contributed by atoms with E-state index in [1.807, 2.05) is 11.7 Å². The van der Waals surface area contributed by atoms with Crippen LogP contribution in [-0.4, -0.2) is 33.6 Å². The number of nitrogens with one attached hydrogen (secondary N) is 1. The molecule has 0 aliphatic carbocycles. The summed E-state index contributed by atoms with van der Waals surface area (Å²) in [5.74, 6) is 0.641. The standard InChI is InChI=1S/C13H23N5/c1-3-11-8-12(17(2)16-11)9-18-6-4-10(5-7-18)13(14)15/h8,10H,3-7,9H2,1-2H3,(H3,14,15). The van der Waals surface area contributed by atoms with Gasteiger partial charge in [-0.05, 0) is 38.4 Å². The van der Waals surface area contributed by atoms with Crippen LogP contribution in [0.25, 0.3) is 0 Å². The number of piperidine rings is 1. The van der Waals surface area contributed by atoms with E-state index in [0.717, 1.165) is 44.6 Å². The van der Waals surface area contributed by atoms with Crippen molar-refractivity contribution in [2.45, 2.75) is 32.7 Å². The monoisotopic (exact) mass is 249 g/mol. The minimum absolute atomic E-state index is 0.291. The van der Waals surface area contributed by atoms with Crippen molar-refractivity contribution in [1.29, 1.82) is 5.41 Å². The van der Waals surface area contributed by atoms with Crippen LogP contribution >= 0.6 is 0 Å². The van der Waals surface area contributed by atoms with Gasteiger partial charge in [-0.25, -0.2) is 0 Å². The molecule has 2 rings (SSSR count). The molecule has 2 heterocycles. The zero-order valence-electron chi connectivity index (χ0n) is 11.3. The third kappa shape index (κ3) is 2.90. The summed E-state index contributed by atoms with van der Waals surface area (Å²) in [5, 5.41) is 12.0. The fourth-order valence-corrected chi connectivity index (χ4v) is 2.52. The highest BCUT2D eigenvalue weighted by molar-refractivity contribution is 5.79. The first-order valence-electron chi connectivity index (χ1n) is 6.68. The summed E-state index contributed by atoms with van der Waals surface area (Å²) in [6.07, 6.45) is 3.00. The van der Waals surface area contributed by atoms with Gasteiger partial charge in [0.1, 0.15) is 0 Å². The summed E-state index contributed by atoms with van der Waals surface area (Å²) in [4.78, 5) is 2.43. The summed E-state index contributed by atoms with van der Waals surface area (Å²) in [5.41, 5.74) is 7.99. The molecule has 5 nitrogen and oxygen atoms in total. The van der Waals surface area contributed by atoms with Crippen LogP contribution in [0.2, 0.25) is 0 Å². The van der Waals surface area contributed by atoms with E-state index in [2.05, 4.69) is 23.0 Å². The topological polar surface area (TPSA) is 70.9 Å². The van der Waals surface area contributed by atoms with Crippen LogP contribution < -0.4 is 5.73 Å². The number of hydrogen-bond donors (Lipinski definition) is 2. The molecule has 0 radical (unpaired) electrons. The molecular weight excluding hydrogens is 226 g/mol. The Labute approximate surface area is 108 Å². The molecule has 0 spiro atoms. The van der Waals surface area contributed by atoms with Crippen molar-refractivity contribution in [3.63, 3.8) is 0 Å². The van der Waals surface area contributed by atoms with E-state index in [9.17, 15) is 0 Å². The number of nitrogens with zero attached hydrogens (tertiary/aromatic N) is 3. The summed E-state index contributed by atoms with van der Waals surface area (Å²) in [6, 6.07) is 2.19. The molecule has 0 amide bonds. The number of aromatic nitrogens is 2. The first-order chi connectivity index (χ1) is 8.60.